The predicted octanol–water partition coefficient (Wildman–Crippen LogP) is 2.35. The number of likely N-dealkylation sites (tertiary alicyclic amines) is 1. The van der Waals surface area contributed by atoms with Gasteiger partial charge in [0.05, 0.1) is 12.6 Å². The van der Waals surface area contributed by atoms with Crippen molar-refractivity contribution in [3.05, 3.63) is 35.4 Å². The summed E-state index contributed by atoms with van der Waals surface area (Å²) in [5.74, 6) is -0.250. The summed E-state index contributed by atoms with van der Waals surface area (Å²) in [4.78, 5) is 26.2. The summed E-state index contributed by atoms with van der Waals surface area (Å²) in [6.45, 7) is 7.81. The number of nitrogens with one attached hydrogen (secondary N) is 1. The highest BCUT2D eigenvalue weighted by Crippen LogP contribution is 2.22. The van der Waals surface area contributed by atoms with Crippen LogP contribution in [0.25, 0.3) is 0 Å². The zero-order chi connectivity index (χ0) is 17.7. The maximum atomic E-state index is 12.2. The van der Waals surface area contributed by atoms with Crippen LogP contribution in [0.1, 0.15) is 49.5 Å². The van der Waals surface area contributed by atoms with Gasteiger partial charge in [-0.15, -0.1) is 0 Å². The van der Waals surface area contributed by atoms with Crippen LogP contribution in [0.3, 0.4) is 0 Å². The minimum atomic E-state index is -0.212. The monoisotopic (exact) mass is 332 g/mol. The first-order valence-electron chi connectivity index (χ1n) is 8.50. The standard InChI is InChI=1S/C19H28N2O3/c1-19(2,3)15-7-5-14(6-8-15)18(23)20-13-17(22)21-11-9-16(24-4)10-12-21/h5-8,16H,9-13H2,1-4H3,(H,20,23). The molecule has 2 amide bonds. The molecule has 0 atom stereocenters. The molecular weight excluding hydrogens is 304 g/mol. The Labute approximate surface area is 144 Å². The number of nitrogens with zero attached hydrogens (tertiary/aromatic N) is 1. The molecule has 0 unspecified atom stereocenters. The van der Waals surface area contributed by atoms with Crippen LogP contribution in [0, 0.1) is 0 Å². The Hall–Kier alpha value is -1.88. The predicted molar refractivity (Wildman–Crippen MR) is 94.1 cm³/mol. The lowest BCUT2D eigenvalue weighted by atomic mass is 9.87. The van der Waals surface area contributed by atoms with Gasteiger partial charge < -0.3 is 15.0 Å². The molecule has 1 fully saturated rings. The fraction of sp³-hybridized carbons (Fsp3) is 0.579. The second-order valence-corrected chi connectivity index (χ2v) is 7.33. The van der Waals surface area contributed by atoms with Gasteiger partial charge in [-0.2, -0.15) is 0 Å². The Morgan fingerprint density at radius 2 is 1.75 bits per heavy atom. The van der Waals surface area contributed by atoms with E-state index in [-0.39, 0.29) is 29.9 Å². The molecule has 1 aliphatic heterocycles. The van der Waals surface area contributed by atoms with Crippen molar-refractivity contribution >= 4 is 11.8 Å². The Morgan fingerprint density at radius 3 is 2.25 bits per heavy atom. The van der Waals surface area contributed by atoms with E-state index in [1.54, 1.807) is 12.0 Å². The van der Waals surface area contributed by atoms with Crippen molar-refractivity contribution in [3.8, 4) is 0 Å². The van der Waals surface area contributed by atoms with E-state index in [2.05, 4.69) is 26.1 Å². The summed E-state index contributed by atoms with van der Waals surface area (Å²) in [5.41, 5.74) is 1.81. The molecule has 0 aliphatic carbocycles. The number of hydrogen-bond donors (Lipinski definition) is 1. The maximum absolute atomic E-state index is 12.2. The molecule has 1 heterocycles. The van der Waals surface area contributed by atoms with Gasteiger partial charge in [0.15, 0.2) is 0 Å². The lowest BCUT2D eigenvalue weighted by Crippen LogP contribution is -2.45. The number of hydrogen-bond acceptors (Lipinski definition) is 3. The lowest BCUT2D eigenvalue weighted by molar-refractivity contribution is -0.132. The second-order valence-electron chi connectivity index (χ2n) is 7.33. The highest BCUT2D eigenvalue weighted by Gasteiger charge is 2.22. The first-order chi connectivity index (χ1) is 11.3. The van der Waals surface area contributed by atoms with Crippen LogP contribution in [0.15, 0.2) is 24.3 Å². The van der Waals surface area contributed by atoms with E-state index in [1.165, 1.54) is 5.56 Å². The molecule has 0 bridgehead atoms. The number of amides is 2. The number of benzene rings is 1. The Morgan fingerprint density at radius 1 is 1.17 bits per heavy atom. The molecule has 2 rings (SSSR count). The van der Waals surface area contributed by atoms with Crippen molar-refractivity contribution in [2.75, 3.05) is 26.7 Å². The van der Waals surface area contributed by atoms with Crippen molar-refractivity contribution in [1.82, 2.24) is 10.2 Å². The average Bonchev–Trinajstić information content (AvgIpc) is 2.58. The summed E-state index contributed by atoms with van der Waals surface area (Å²) in [7, 11) is 1.70. The first-order valence-corrected chi connectivity index (χ1v) is 8.50. The van der Waals surface area contributed by atoms with Crippen LogP contribution in [0.2, 0.25) is 0 Å². The van der Waals surface area contributed by atoms with E-state index in [4.69, 9.17) is 4.74 Å². The van der Waals surface area contributed by atoms with Crippen molar-refractivity contribution < 1.29 is 14.3 Å². The van der Waals surface area contributed by atoms with Crippen LogP contribution in [-0.4, -0.2) is 49.6 Å². The molecule has 5 heteroatoms. The fourth-order valence-corrected chi connectivity index (χ4v) is 2.83. The molecule has 1 aromatic rings. The molecule has 0 spiro atoms. The molecule has 0 radical (unpaired) electrons. The number of carbonyl (C=O) groups is 2. The van der Waals surface area contributed by atoms with Crippen molar-refractivity contribution in [2.45, 2.75) is 45.1 Å². The molecule has 132 valence electrons. The van der Waals surface area contributed by atoms with Gasteiger partial charge >= 0.3 is 0 Å². The van der Waals surface area contributed by atoms with Gasteiger partial charge in [0.1, 0.15) is 0 Å². The largest absolute Gasteiger partial charge is 0.381 e. The van der Waals surface area contributed by atoms with E-state index < -0.39 is 0 Å². The van der Waals surface area contributed by atoms with Crippen LogP contribution < -0.4 is 5.32 Å². The van der Waals surface area contributed by atoms with Gasteiger partial charge in [-0.05, 0) is 36.0 Å². The smallest absolute Gasteiger partial charge is 0.251 e. The molecule has 1 aromatic carbocycles. The van der Waals surface area contributed by atoms with Gasteiger partial charge in [0, 0.05) is 25.8 Å². The number of methoxy groups -OCH3 is 1. The van der Waals surface area contributed by atoms with E-state index in [9.17, 15) is 9.59 Å². The summed E-state index contributed by atoms with van der Waals surface area (Å²) in [6.07, 6.45) is 1.94. The summed E-state index contributed by atoms with van der Waals surface area (Å²) >= 11 is 0. The van der Waals surface area contributed by atoms with Gasteiger partial charge in [0.25, 0.3) is 5.91 Å². The van der Waals surface area contributed by atoms with Gasteiger partial charge in [-0.25, -0.2) is 0 Å². The van der Waals surface area contributed by atoms with E-state index in [1.807, 2.05) is 24.3 Å². The van der Waals surface area contributed by atoms with Gasteiger partial charge in [-0.1, -0.05) is 32.9 Å². The SMILES string of the molecule is COC1CCN(C(=O)CNC(=O)c2ccc(C(C)(C)C)cc2)CC1. The Kier molecular flexibility index (Phi) is 5.99. The molecule has 1 N–H and O–H groups in total. The normalized spacial score (nSPS) is 16.1. The number of ether oxygens (including phenoxy) is 1. The van der Waals surface area contributed by atoms with Crippen molar-refractivity contribution in [1.29, 1.82) is 0 Å². The first kappa shape index (κ1) is 18.5. The van der Waals surface area contributed by atoms with Crippen LogP contribution in [-0.2, 0) is 14.9 Å². The van der Waals surface area contributed by atoms with Crippen molar-refractivity contribution in [3.63, 3.8) is 0 Å². The number of carbonyl (C=O) groups excluding carboxylic acids is 2. The van der Waals surface area contributed by atoms with E-state index in [0.29, 0.717) is 18.7 Å². The Balaban J connectivity index is 1.83. The average molecular weight is 332 g/mol. The molecule has 0 saturated carbocycles. The van der Waals surface area contributed by atoms with Crippen LogP contribution in [0.4, 0.5) is 0 Å². The topological polar surface area (TPSA) is 58.6 Å². The zero-order valence-electron chi connectivity index (χ0n) is 15.1. The summed E-state index contributed by atoms with van der Waals surface area (Å²) in [5, 5.41) is 2.72. The van der Waals surface area contributed by atoms with Crippen LogP contribution in [0.5, 0.6) is 0 Å². The fourth-order valence-electron chi connectivity index (χ4n) is 2.83. The third-order valence-corrected chi connectivity index (χ3v) is 4.54. The number of piperidine rings is 1. The minimum absolute atomic E-state index is 0.0378. The highest BCUT2D eigenvalue weighted by molar-refractivity contribution is 5.96. The minimum Gasteiger partial charge on any atom is -0.381 e. The molecule has 1 saturated heterocycles. The van der Waals surface area contributed by atoms with Gasteiger partial charge in [0.2, 0.25) is 5.91 Å². The van der Waals surface area contributed by atoms with E-state index >= 15 is 0 Å². The van der Waals surface area contributed by atoms with Crippen molar-refractivity contribution in [2.24, 2.45) is 0 Å². The van der Waals surface area contributed by atoms with E-state index in [0.717, 1.165) is 12.8 Å². The highest BCUT2D eigenvalue weighted by atomic mass is 16.5. The lowest BCUT2D eigenvalue weighted by Gasteiger charge is -2.31. The molecule has 5 nitrogen and oxygen atoms in total. The molecule has 24 heavy (non-hydrogen) atoms. The molecule has 0 aromatic heterocycles. The second kappa shape index (κ2) is 7.79. The summed E-state index contributed by atoms with van der Waals surface area (Å²) in [6, 6.07) is 7.55. The van der Waals surface area contributed by atoms with Crippen LogP contribution >= 0.6 is 0 Å². The van der Waals surface area contributed by atoms with Gasteiger partial charge in [-0.3, -0.25) is 9.59 Å². The third-order valence-electron chi connectivity index (χ3n) is 4.54. The zero-order valence-corrected chi connectivity index (χ0v) is 15.1. The Bertz CT molecular complexity index is 567. The molecule has 1 aliphatic rings. The molecular formula is C19H28N2O3. The number of rotatable bonds is 4. The maximum Gasteiger partial charge on any atom is 0.251 e. The quantitative estimate of drug-likeness (QED) is 0.921. The summed E-state index contributed by atoms with van der Waals surface area (Å²) < 4.78 is 5.30. The third kappa shape index (κ3) is 4.81.